The molecular formula is C9H11N5S. The Labute approximate surface area is 91.7 Å². The fourth-order valence-electron chi connectivity index (χ4n) is 1.10. The van der Waals surface area contributed by atoms with Crippen molar-refractivity contribution in [3.8, 4) is 0 Å². The zero-order valence-corrected chi connectivity index (χ0v) is 9.11. The first-order valence-corrected chi connectivity index (χ1v) is 5.28. The Hall–Kier alpha value is -1.40. The van der Waals surface area contributed by atoms with E-state index in [0.29, 0.717) is 6.54 Å². The van der Waals surface area contributed by atoms with Crippen LogP contribution in [0.4, 0.5) is 0 Å². The smallest absolute Gasteiger partial charge is 0.192 e. The van der Waals surface area contributed by atoms with Gasteiger partial charge >= 0.3 is 0 Å². The third kappa shape index (κ3) is 2.34. The van der Waals surface area contributed by atoms with E-state index in [-0.39, 0.29) is 0 Å². The van der Waals surface area contributed by atoms with Gasteiger partial charge in [0.15, 0.2) is 5.16 Å². The summed E-state index contributed by atoms with van der Waals surface area (Å²) in [7, 11) is 1.85. The van der Waals surface area contributed by atoms with Crippen LogP contribution in [0.2, 0.25) is 0 Å². The molecule has 0 saturated carbocycles. The van der Waals surface area contributed by atoms with Crippen LogP contribution in [0.5, 0.6) is 0 Å². The second-order valence-corrected chi connectivity index (χ2v) is 3.96. The quantitative estimate of drug-likeness (QED) is 0.831. The van der Waals surface area contributed by atoms with Crippen LogP contribution in [0.1, 0.15) is 5.56 Å². The minimum absolute atomic E-state index is 0.523. The minimum Gasteiger partial charge on any atom is -0.326 e. The van der Waals surface area contributed by atoms with E-state index in [1.54, 1.807) is 10.9 Å². The summed E-state index contributed by atoms with van der Waals surface area (Å²) in [6.07, 6.45) is 3.27. The number of hydrogen-bond donors (Lipinski definition) is 1. The molecule has 2 heterocycles. The Morgan fingerprint density at radius 2 is 2.33 bits per heavy atom. The molecule has 2 aromatic heterocycles. The molecule has 0 saturated heterocycles. The van der Waals surface area contributed by atoms with Gasteiger partial charge in [0.25, 0.3) is 0 Å². The number of aryl methyl sites for hydroxylation is 1. The Morgan fingerprint density at radius 3 is 3.00 bits per heavy atom. The van der Waals surface area contributed by atoms with E-state index in [1.807, 2.05) is 19.2 Å². The van der Waals surface area contributed by atoms with Gasteiger partial charge in [-0.2, -0.15) is 5.10 Å². The van der Waals surface area contributed by atoms with Crippen LogP contribution in [0.3, 0.4) is 0 Å². The van der Waals surface area contributed by atoms with Crippen molar-refractivity contribution in [2.45, 2.75) is 16.7 Å². The van der Waals surface area contributed by atoms with Crippen molar-refractivity contribution in [3.63, 3.8) is 0 Å². The first kappa shape index (κ1) is 10.1. The van der Waals surface area contributed by atoms with Gasteiger partial charge < -0.3 is 5.73 Å². The molecule has 15 heavy (non-hydrogen) atoms. The molecule has 2 aromatic rings. The average molecular weight is 221 g/mol. The molecule has 0 radical (unpaired) electrons. The third-order valence-corrected chi connectivity index (χ3v) is 2.89. The van der Waals surface area contributed by atoms with Crippen molar-refractivity contribution in [2.24, 2.45) is 12.8 Å². The van der Waals surface area contributed by atoms with Crippen LogP contribution in [-0.2, 0) is 13.6 Å². The maximum absolute atomic E-state index is 5.55. The van der Waals surface area contributed by atoms with Crippen molar-refractivity contribution in [3.05, 3.63) is 30.2 Å². The zero-order valence-electron chi connectivity index (χ0n) is 8.29. The third-order valence-electron chi connectivity index (χ3n) is 1.90. The second-order valence-electron chi connectivity index (χ2n) is 2.97. The molecule has 0 aliphatic heterocycles. The van der Waals surface area contributed by atoms with Gasteiger partial charge in [0, 0.05) is 19.8 Å². The van der Waals surface area contributed by atoms with E-state index in [1.165, 1.54) is 18.1 Å². The van der Waals surface area contributed by atoms with Crippen LogP contribution < -0.4 is 5.73 Å². The van der Waals surface area contributed by atoms with E-state index in [4.69, 9.17) is 5.73 Å². The summed E-state index contributed by atoms with van der Waals surface area (Å²) in [5, 5.41) is 5.69. The van der Waals surface area contributed by atoms with Crippen molar-refractivity contribution >= 4 is 11.8 Å². The van der Waals surface area contributed by atoms with Crippen LogP contribution in [0, 0.1) is 0 Å². The van der Waals surface area contributed by atoms with Gasteiger partial charge in [-0.05, 0) is 29.5 Å². The molecule has 2 rings (SSSR count). The maximum atomic E-state index is 5.55. The molecule has 0 fully saturated rings. The molecule has 0 aliphatic rings. The largest absolute Gasteiger partial charge is 0.326 e. The number of hydrogen-bond acceptors (Lipinski definition) is 5. The van der Waals surface area contributed by atoms with E-state index in [2.05, 4.69) is 15.1 Å². The molecule has 5 nitrogen and oxygen atoms in total. The summed E-state index contributed by atoms with van der Waals surface area (Å²) in [5.74, 6) is 0. The lowest BCUT2D eigenvalue weighted by Gasteiger charge is -2.01. The SMILES string of the molecule is Cn1ncnc1Sc1cc(CN)ccn1. The van der Waals surface area contributed by atoms with Gasteiger partial charge in [0.2, 0.25) is 0 Å². The predicted octanol–water partition coefficient (Wildman–Crippen LogP) is 0.820. The number of nitrogens with two attached hydrogens (primary N) is 1. The van der Waals surface area contributed by atoms with Gasteiger partial charge in [0.05, 0.1) is 0 Å². The molecule has 0 atom stereocenters. The lowest BCUT2D eigenvalue weighted by Crippen LogP contribution is -1.97. The molecule has 0 spiro atoms. The van der Waals surface area contributed by atoms with E-state index < -0.39 is 0 Å². The average Bonchev–Trinajstić information content (AvgIpc) is 2.65. The minimum atomic E-state index is 0.523. The highest BCUT2D eigenvalue weighted by Gasteiger charge is 2.04. The summed E-state index contributed by atoms with van der Waals surface area (Å²) >= 11 is 1.47. The van der Waals surface area contributed by atoms with Gasteiger partial charge in [-0.1, -0.05) is 0 Å². The molecule has 0 amide bonds. The Kier molecular flexibility index (Phi) is 2.98. The Morgan fingerprint density at radius 1 is 1.47 bits per heavy atom. The lowest BCUT2D eigenvalue weighted by molar-refractivity contribution is 0.684. The van der Waals surface area contributed by atoms with E-state index in [9.17, 15) is 0 Å². The van der Waals surface area contributed by atoms with Crippen molar-refractivity contribution in [2.75, 3.05) is 0 Å². The summed E-state index contributed by atoms with van der Waals surface area (Å²) < 4.78 is 1.71. The van der Waals surface area contributed by atoms with Crippen LogP contribution in [0.25, 0.3) is 0 Å². The zero-order chi connectivity index (χ0) is 10.7. The summed E-state index contributed by atoms with van der Waals surface area (Å²) in [4.78, 5) is 8.34. The number of rotatable bonds is 3. The Bertz CT molecular complexity index is 453. The highest BCUT2D eigenvalue weighted by molar-refractivity contribution is 7.99. The molecule has 0 aromatic carbocycles. The monoisotopic (exact) mass is 221 g/mol. The van der Waals surface area contributed by atoms with Gasteiger partial charge in [-0.25, -0.2) is 14.6 Å². The fraction of sp³-hybridized carbons (Fsp3) is 0.222. The normalized spacial score (nSPS) is 10.5. The van der Waals surface area contributed by atoms with Crippen molar-refractivity contribution < 1.29 is 0 Å². The topological polar surface area (TPSA) is 69.6 Å². The highest BCUT2D eigenvalue weighted by atomic mass is 32.2. The van der Waals surface area contributed by atoms with E-state index >= 15 is 0 Å². The predicted molar refractivity (Wildman–Crippen MR) is 57.3 cm³/mol. The molecular weight excluding hydrogens is 210 g/mol. The molecule has 6 heteroatoms. The number of nitrogens with zero attached hydrogens (tertiary/aromatic N) is 4. The van der Waals surface area contributed by atoms with Gasteiger partial charge in [-0.15, -0.1) is 0 Å². The molecule has 2 N–H and O–H groups in total. The van der Waals surface area contributed by atoms with Crippen molar-refractivity contribution in [1.29, 1.82) is 0 Å². The molecule has 0 aliphatic carbocycles. The van der Waals surface area contributed by atoms with Crippen molar-refractivity contribution in [1.82, 2.24) is 19.7 Å². The first-order chi connectivity index (χ1) is 7.29. The van der Waals surface area contributed by atoms with Crippen LogP contribution >= 0.6 is 11.8 Å². The summed E-state index contributed by atoms with van der Waals surface area (Å²) in [6.45, 7) is 0.523. The lowest BCUT2D eigenvalue weighted by atomic mass is 10.3. The standard InChI is InChI=1S/C9H11N5S/c1-14-9(12-6-13-14)15-8-4-7(5-10)2-3-11-8/h2-4,6H,5,10H2,1H3. The second kappa shape index (κ2) is 4.41. The first-order valence-electron chi connectivity index (χ1n) is 4.46. The fourth-order valence-corrected chi connectivity index (χ4v) is 1.89. The summed E-state index contributed by atoms with van der Waals surface area (Å²) in [6, 6.07) is 3.86. The number of pyridine rings is 1. The highest BCUT2D eigenvalue weighted by Crippen LogP contribution is 2.23. The molecule has 78 valence electrons. The van der Waals surface area contributed by atoms with Crippen LogP contribution in [-0.4, -0.2) is 19.7 Å². The van der Waals surface area contributed by atoms with Gasteiger partial charge in [0.1, 0.15) is 11.4 Å². The molecule has 0 unspecified atom stereocenters. The number of aromatic nitrogens is 4. The summed E-state index contributed by atoms with van der Waals surface area (Å²) in [5.41, 5.74) is 6.62. The van der Waals surface area contributed by atoms with E-state index in [0.717, 1.165) is 15.7 Å². The maximum Gasteiger partial charge on any atom is 0.192 e. The molecule has 0 bridgehead atoms. The van der Waals surface area contributed by atoms with Crippen LogP contribution in [0.15, 0.2) is 34.8 Å². The Balaban J connectivity index is 2.21. The van der Waals surface area contributed by atoms with Gasteiger partial charge in [-0.3, -0.25) is 0 Å².